The summed E-state index contributed by atoms with van der Waals surface area (Å²) in [5, 5.41) is 3.25. The van der Waals surface area contributed by atoms with Gasteiger partial charge in [-0.25, -0.2) is 9.37 Å². The number of benzene rings is 3. The molecule has 0 radical (unpaired) electrons. The lowest BCUT2D eigenvalue weighted by atomic mass is 9.88. The third kappa shape index (κ3) is 7.24. The largest absolute Gasteiger partial charge is 0.355 e. The van der Waals surface area contributed by atoms with Gasteiger partial charge in [-0.15, -0.1) is 0 Å². The van der Waals surface area contributed by atoms with E-state index in [9.17, 15) is 14.0 Å². The van der Waals surface area contributed by atoms with Crippen molar-refractivity contribution in [2.75, 3.05) is 6.54 Å². The highest BCUT2D eigenvalue weighted by molar-refractivity contribution is 8.00. The van der Waals surface area contributed by atoms with Gasteiger partial charge >= 0.3 is 0 Å². The van der Waals surface area contributed by atoms with E-state index in [1.165, 1.54) is 39.6 Å². The molecule has 4 aromatic rings. The molecular formula is C32H34FN3O2S. The van der Waals surface area contributed by atoms with E-state index in [1.807, 2.05) is 43.3 Å². The van der Waals surface area contributed by atoms with Crippen LogP contribution < -0.4 is 10.9 Å². The molecule has 7 heteroatoms. The van der Waals surface area contributed by atoms with Crippen molar-refractivity contribution in [3.05, 3.63) is 129 Å². The minimum Gasteiger partial charge on any atom is -0.355 e. The number of carbonyl (C=O) groups is 1. The van der Waals surface area contributed by atoms with Crippen LogP contribution in [0.15, 0.2) is 94.9 Å². The van der Waals surface area contributed by atoms with Gasteiger partial charge in [0.1, 0.15) is 5.82 Å². The summed E-state index contributed by atoms with van der Waals surface area (Å²) in [6.45, 7) is 4.30. The summed E-state index contributed by atoms with van der Waals surface area (Å²) in [5.41, 5.74) is 4.31. The van der Waals surface area contributed by atoms with E-state index >= 15 is 0 Å². The minimum atomic E-state index is -0.377. The molecule has 4 rings (SSSR count). The molecule has 1 amide bonds. The summed E-state index contributed by atoms with van der Waals surface area (Å²) < 4.78 is 14.8. The molecule has 1 heterocycles. The highest BCUT2D eigenvalue weighted by Crippen LogP contribution is 2.28. The number of nitrogens with one attached hydrogen (secondary N) is 1. The van der Waals surface area contributed by atoms with Crippen LogP contribution in [0.4, 0.5) is 4.39 Å². The third-order valence-corrected chi connectivity index (χ3v) is 8.30. The highest BCUT2D eigenvalue weighted by Gasteiger charge is 2.22. The van der Waals surface area contributed by atoms with Gasteiger partial charge < -0.3 is 5.32 Å². The molecule has 1 unspecified atom stereocenters. The predicted octanol–water partition coefficient (Wildman–Crippen LogP) is 6.03. The van der Waals surface area contributed by atoms with E-state index < -0.39 is 0 Å². The van der Waals surface area contributed by atoms with Gasteiger partial charge in [-0.1, -0.05) is 91.5 Å². The van der Waals surface area contributed by atoms with Crippen LogP contribution >= 0.6 is 11.8 Å². The number of halogens is 1. The van der Waals surface area contributed by atoms with Crippen molar-refractivity contribution < 1.29 is 9.18 Å². The second-order valence-corrected chi connectivity index (χ2v) is 10.8. The van der Waals surface area contributed by atoms with Gasteiger partial charge in [0.15, 0.2) is 5.16 Å². The third-order valence-electron chi connectivity index (χ3n) is 6.89. The Morgan fingerprint density at radius 1 is 0.974 bits per heavy atom. The molecule has 0 spiro atoms. The molecule has 0 bridgehead atoms. The molecule has 1 aromatic heterocycles. The van der Waals surface area contributed by atoms with Crippen LogP contribution in [0.5, 0.6) is 0 Å². The van der Waals surface area contributed by atoms with Crippen LogP contribution in [-0.4, -0.2) is 27.3 Å². The Bertz CT molecular complexity index is 1400. The zero-order valence-electron chi connectivity index (χ0n) is 22.6. The van der Waals surface area contributed by atoms with E-state index in [2.05, 4.69) is 34.6 Å². The second kappa shape index (κ2) is 13.4. The van der Waals surface area contributed by atoms with Crippen LogP contribution in [0.2, 0.25) is 0 Å². The molecule has 0 fully saturated rings. The average molecular weight is 544 g/mol. The molecule has 0 aliphatic rings. The van der Waals surface area contributed by atoms with E-state index in [4.69, 9.17) is 0 Å². The molecule has 1 atom stereocenters. The average Bonchev–Trinajstić information content (AvgIpc) is 2.96. The zero-order chi connectivity index (χ0) is 27.8. The Labute approximate surface area is 233 Å². The van der Waals surface area contributed by atoms with Crippen LogP contribution in [0, 0.1) is 12.7 Å². The zero-order valence-corrected chi connectivity index (χ0v) is 23.4. The van der Waals surface area contributed by atoms with E-state index in [-0.39, 0.29) is 28.5 Å². The Morgan fingerprint density at radius 3 is 2.13 bits per heavy atom. The maximum Gasteiger partial charge on any atom is 0.257 e. The van der Waals surface area contributed by atoms with Crippen LogP contribution in [0.25, 0.3) is 0 Å². The van der Waals surface area contributed by atoms with Crippen molar-refractivity contribution in [3.63, 3.8) is 0 Å². The van der Waals surface area contributed by atoms with E-state index in [1.54, 1.807) is 26.1 Å². The van der Waals surface area contributed by atoms with Gasteiger partial charge in [0.05, 0.1) is 5.25 Å². The van der Waals surface area contributed by atoms with Gasteiger partial charge in [0.25, 0.3) is 5.56 Å². The second-order valence-electron chi connectivity index (χ2n) is 9.59. The summed E-state index contributed by atoms with van der Waals surface area (Å²) in [6.07, 6.45) is 1.75. The Hall–Kier alpha value is -3.71. The maximum atomic E-state index is 13.3. The highest BCUT2D eigenvalue weighted by atomic mass is 32.2. The summed E-state index contributed by atoms with van der Waals surface area (Å²) >= 11 is 1.31. The van der Waals surface area contributed by atoms with E-state index in [0.717, 1.165) is 12.0 Å². The van der Waals surface area contributed by atoms with Crippen molar-refractivity contribution >= 4 is 17.7 Å². The number of hydrogen-bond acceptors (Lipinski definition) is 4. The SMILES string of the molecule is CCC(Sc1nc(C)c(Cc2ccc(F)cc2)c(=O)n1C)C(=O)NCCC(c1ccccc1)c1ccccc1. The molecule has 0 saturated carbocycles. The number of thioether (sulfide) groups is 1. The lowest BCUT2D eigenvalue weighted by Crippen LogP contribution is -2.34. The summed E-state index contributed by atoms with van der Waals surface area (Å²) in [6, 6.07) is 26.8. The van der Waals surface area contributed by atoms with Gasteiger partial charge in [-0.05, 0) is 48.6 Å². The molecule has 202 valence electrons. The molecular weight excluding hydrogens is 509 g/mol. The quantitative estimate of drug-likeness (QED) is 0.185. The number of aryl methyl sites for hydroxylation is 1. The molecule has 3 aromatic carbocycles. The van der Waals surface area contributed by atoms with Crippen molar-refractivity contribution in [1.82, 2.24) is 14.9 Å². The number of aromatic nitrogens is 2. The Balaban J connectivity index is 1.43. The van der Waals surface area contributed by atoms with Gasteiger partial charge in [0.2, 0.25) is 5.91 Å². The summed E-state index contributed by atoms with van der Waals surface area (Å²) in [4.78, 5) is 31.0. The molecule has 39 heavy (non-hydrogen) atoms. The van der Waals surface area contributed by atoms with Gasteiger partial charge in [-0.3, -0.25) is 14.2 Å². The van der Waals surface area contributed by atoms with Crippen molar-refractivity contribution in [1.29, 1.82) is 0 Å². The maximum absolute atomic E-state index is 13.3. The standard InChI is InChI=1S/C32H34FN3O2S/c1-4-29(30(37)34-20-19-27(24-11-7-5-8-12-24)25-13-9-6-10-14-25)39-32-35-22(2)28(31(38)36(32)3)21-23-15-17-26(33)18-16-23/h5-18,27,29H,4,19-21H2,1-3H3,(H,34,37). The van der Waals surface area contributed by atoms with Crippen molar-refractivity contribution in [3.8, 4) is 0 Å². The Kier molecular flexibility index (Phi) is 9.71. The van der Waals surface area contributed by atoms with Crippen molar-refractivity contribution in [2.24, 2.45) is 7.05 Å². The van der Waals surface area contributed by atoms with Crippen LogP contribution in [0.1, 0.15) is 53.6 Å². The first-order valence-electron chi connectivity index (χ1n) is 13.2. The lowest BCUT2D eigenvalue weighted by molar-refractivity contribution is -0.120. The van der Waals surface area contributed by atoms with Crippen LogP contribution in [-0.2, 0) is 18.3 Å². The molecule has 0 aliphatic heterocycles. The number of nitrogens with zero attached hydrogens (tertiary/aromatic N) is 2. The molecule has 0 aliphatic carbocycles. The fourth-order valence-electron chi connectivity index (χ4n) is 4.64. The lowest BCUT2D eigenvalue weighted by Gasteiger charge is -2.20. The normalized spacial score (nSPS) is 11.9. The molecule has 5 nitrogen and oxygen atoms in total. The first kappa shape index (κ1) is 28.3. The van der Waals surface area contributed by atoms with E-state index in [0.29, 0.717) is 35.8 Å². The minimum absolute atomic E-state index is 0.0651. The first-order chi connectivity index (χ1) is 18.9. The number of rotatable bonds is 11. The predicted molar refractivity (Wildman–Crippen MR) is 156 cm³/mol. The summed E-state index contributed by atoms with van der Waals surface area (Å²) in [5.74, 6) is -0.198. The number of carbonyl (C=O) groups excluding carboxylic acids is 1. The number of amides is 1. The van der Waals surface area contributed by atoms with Crippen LogP contribution in [0.3, 0.4) is 0 Å². The number of hydrogen-bond donors (Lipinski definition) is 1. The Morgan fingerprint density at radius 2 is 1.56 bits per heavy atom. The topological polar surface area (TPSA) is 64.0 Å². The molecule has 1 N–H and O–H groups in total. The first-order valence-corrected chi connectivity index (χ1v) is 14.1. The summed E-state index contributed by atoms with van der Waals surface area (Å²) in [7, 11) is 1.68. The molecule has 0 saturated heterocycles. The monoisotopic (exact) mass is 543 g/mol. The van der Waals surface area contributed by atoms with Crippen molar-refractivity contribution in [2.45, 2.75) is 49.4 Å². The smallest absolute Gasteiger partial charge is 0.257 e. The fraction of sp³-hybridized carbons (Fsp3) is 0.281. The van der Waals surface area contributed by atoms with Gasteiger partial charge in [0, 0.05) is 37.2 Å². The fourth-order valence-corrected chi connectivity index (χ4v) is 5.69. The van der Waals surface area contributed by atoms with Gasteiger partial charge in [-0.2, -0.15) is 0 Å².